The molecule has 1 fully saturated rings. The third kappa shape index (κ3) is 4.91. The molecule has 1 aromatic heterocycles. The summed E-state index contributed by atoms with van der Waals surface area (Å²) in [6.45, 7) is 11.7. The summed E-state index contributed by atoms with van der Waals surface area (Å²) in [4.78, 5) is 19.3. The number of halogens is 1. The molecular weight excluding hydrogens is 438 g/mol. The Morgan fingerprint density at radius 2 is 1.69 bits per heavy atom. The van der Waals surface area contributed by atoms with Gasteiger partial charge >= 0.3 is 0 Å². The third-order valence-electron chi connectivity index (χ3n) is 6.37. The van der Waals surface area contributed by atoms with Gasteiger partial charge in [-0.25, -0.2) is 0 Å². The van der Waals surface area contributed by atoms with Crippen LogP contribution in [0.2, 0.25) is 5.02 Å². The number of thiophene rings is 1. The van der Waals surface area contributed by atoms with Crippen LogP contribution in [0.25, 0.3) is 0 Å². The summed E-state index contributed by atoms with van der Waals surface area (Å²) in [7, 11) is 0. The van der Waals surface area contributed by atoms with E-state index < -0.39 is 0 Å². The number of anilines is 1. The van der Waals surface area contributed by atoms with E-state index >= 15 is 0 Å². The van der Waals surface area contributed by atoms with Crippen molar-refractivity contribution in [1.82, 2.24) is 9.80 Å². The van der Waals surface area contributed by atoms with Crippen LogP contribution in [0.4, 0.5) is 5.00 Å². The molecule has 0 bridgehead atoms. The number of carbonyl (C=O) groups excluding carboxylic acids is 1. The van der Waals surface area contributed by atoms with Gasteiger partial charge in [-0.15, -0.1) is 11.3 Å². The maximum atomic E-state index is 13.0. The van der Waals surface area contributed by atoms with Gasteiger partial charge in [-0.3, -0.25) is 9.69 Å². The summed E-state index contributed by atoms with van der Waals surface area (Å²) >= 11 is 7.88. The van der Waals surface area contributed by atoms with Gasteiger partial charge in [-0.1, -0.05) is 48.9 Å². The number of nitrogens with one attached hydrogen (secondary N) is 1. The van der Waals surface area contributed by atoms with E-state index in [1.165, 1.54) is 21.6 Å². The Labute approximate surface area is 199 Å². The first-order valence-corrected chi connectivity index (χ1v) is 12.4. The number of amides is 1. The molecular formula is C26H30ClN3OS. The maximum absolute atomic E-state index is 13.0. The highest BCUT2D eigenvalue weighted by Gasteiger charge is 2.31. The Morgan fingerprint density at radius 3 is 2.31 bits per heavy atom. The molecule has 0 saturated carbocycles. The van der Waals surface area contributed by atoms with Gasteiger partial charge in [0.2, 0.25) is 0 Å². The Morgan fingerprint density at radius 1 is 1.03 bits per heavy atom. The van der Waals surface area contributed by atoms with Crippen molar-refractivity contribution >= 4 is 33.8 Å². The van der Waals surface area contributed by atoms with Crippen molar-refractivity contribution in [2.24, 2.45) is 0 Å². The Hall–Kier alpha value is -2.18. The van der Waals surface area contributed by atoms with E-state index in [1.54, 1.807) is 11.3 Å². The zero-order valence-electron chi connectivity index (χ0n) is 18.9. The zero-order chi connectivity index (χ0) is 22.7. The van der Waals surface area contributed by atoms with Gasteiger partial charge in [0.05, 0.1) is 6.04 Å². The average Bonchev–Trinajstić information content (AvgIpc) is 3.09. The molecule has 1 saturated heterocycles. The predicted molar refractivity (Wildman–Crippen MR) is 135 cm³/mol. The lowest BCUT2D eigenvalue weighted by Gasteiger charge is -2.39. The summed E-state index contributed by atoms with van der Waals surface area (Å²) in [6.07, 6.45) is 0. The van der Waals surface area contributed by atoms with Crippen LogP contribution >= 0.6 is 22.9 Å². The predicted octanol–water partition coefficient (Wildman–Crippen LogP) is 6.00. The SMILES string of the molecule is CCN1CCN([C@@H](c2ccc(Cl)cc2)c2c(NC(=O)c3ccccc3)sc(C)c2C)CC1. The fourth-order valence-electron chi connectivity index (χ4n) is 4.37. The summed E-state index contributed by atoms with van der Waals surface area (Å²) in [6, 6.07) is 17.6. The van der Waals surface area contributed by atoms with Gasteiger partial charge in [0.25, 0.3) is 5.91 Å². The Kier molecular flexibility index (Phi) is 7.31. The molecule has 1 aliphatic rings. The minimum atomic E-state index is -0.0706. The molecule has 1 amide bonds. The third-order valence-corrected chi connectivity index (χ3v) is 7.76. The molecule has 0 radical (unpaired) electrons. The molecule has 3 aromatic rings. The summed E-state index contributed by atoms with van der Waals surface area (Å²) in [5.41, 5.74) is 4.32. The molecule has 32 heavy (non-hydrogen) atoms. The zero-order valence-corrected chi connectivity index (χ0v) is 20.5. The van der Waals surface area contributed by atoms with Crippen LogP contribution in [0, 0.1) is 13.8 Å². The first-order valence-electron chi connectivity index (χ1n) is 11.2. The van der Waals surface area contributed by atoms with Crippen molar-refractivity contribution in [1.29, 1.82) is 0 Å². The molecule has 6 heteroatoms. The van der Waals surface area contributed by atoms with Gasteiger partial charge in [-0.2, -0.15) is 0 Å². The van der Waals surface area contributed by atoms with Crippen LogP contribution in [0.3, 0.4) is 0 Å². The van der Waals surface area contributed by atoms with Gasteiger partial charge < -0.3 is 10.2 Å². The highest BCUT2D eigenvalue weighted by Crippen LogP contribution is 2.42. The van der Waals surface area contributed by atoms with E-state index in [0.29, 0.717) is 5.56 Å². The number of hydrogen-bond donors (Lipinski definition) is 1. The standard InChI is InChI=1S/C26H30ClN3OS/c1-4-29-14-16-30(17-15-29)24(20-10-12-22(27)13-11-20)23-18(2)19(3)32-26(23)28-25(31)21-8-6-5-7-9-21/h5-13,24H,4,14-17H2,1-3H3,(H,28,31)/t24-/m0/s1. The average molecular weight is 468 g/mol. The van der Waals surface area contributed by atoms with E-state index in [2.05, 4.69) is 48.0 Å². The van der Waals surface area contributed by atoms with Crippen LogP contribution in [-0.2, 0) is 0 Å². The van der Waals surface area contributed by atoms with Crippen molar-refractivity contribution in [2.45, 2.75) is 26.8 Å². The monoisotopic (exact) mass is 467 g/mol. The molecule has 4 nitrogen and oxygen atoms in total. The number of aryl methyl sites for hydroxylation is 1. The van der Waals surface area contributed by atoms with E-state index in [0.717, 1.165) is 42.7 Å². The first-order chi connectivity index (χ1) is 15.5. The molecule has 1 atom stereocenters. The quantitative estimate of drug-likeness (QED) is 0.483. The second kappa shape index (κ2) is 10.2. The van der Waals surface area contributed by atoms with Crippen LogP contribution < -0.4 is 5.32 Å². The van der Waals surface area contributed by atoms with Crippen molar-refractivity contribution < 1.29 is 4.79 Å². The number of benzene rings is 2. The number of carbonyl (C=O) groups is 1. The molecule has 168 valence electrons. The lowest BCUT2D eigenvalue weighted by Crippen LogP contribution is -2.47. The van der Waals surface area contributed by atoms with Crippen molar-refractivity contribution in [2.75, 3.05) is 38.0 Å². The largest absolute Gasteiger partial charge is 0.313 e. The summed E-state index contributed by atoms with van der Waals surface area (Å²) in [5, 5.41) is 4.90. The van der Waals surface area contributed by atoms with Gasteiger partial charge in [0.15, 0.2) is 0 Å². The fourth-order valence-corrected chi connectivity index (χ4v) is 5.59. The molecule has 4 rings (SSSR count). The number of piperazine rings is 1. The van der Waals surface area contributed by atoms with Gasteiger partial charge in [-0.05, 0) is 55.8 Å². The first kappa shape index (κ1) is 23.0. The van der Waals surface area contributed by atoms with E-state index in [-0.39, 0.29) is 11.9 Å². The second-order valence-corrected chi connectivity index (χ2v) is 9.93. The van der Waals surface area contributed by atoms with Crippen molar-refractivity contribution in [3.63, 3.8) is 0 Å². The van der Waals surface area contributed by atoms with Crippen molar-refractivity contribution in [3.8, 4) is 0 Å². The smallest absolute Gasteiger partial charge is 0.256 e. The Bertz CT molecular complexity index is 1060. The normalized spacial score (nSPS) is 16.1. The minimum absolute atomic E-state index is 0.0706. The van der Waals surface area contributed by atoms with E-state index in [4.69, 9.17) is 11.6 Å². The molecule has 1 N–H and O–H groups in total. The topological polar surface area (TPSA) is 35.6 Å². The van der Waals surface area contributed by atoms with Gasteiger partial charge in [0.1, 0.15) is 5.00 Å². The van der Waals surface area contributed by atoms with Crippen LogP contribution in [0.5, 0.6) is 0 Å². The highest BCUT2D eigenvalue weighted by atomic mass is 35.5. The fraction of sp³-hybridized carbons (Fsp3) is 0.346. The van der Waals surface area contributed by atoms with Crippen LogP contribution in [0.15, 0.2) is 54.6 Å². The number of rotatable bonds is 6. The Balaban J connectivity index is 1.73. The molecule has 0 unspecified atom stereocenters. The molecule has 0 aliphatic carbocycles. The molecule has 2 heterocycles. The number of likely N-dealkylation sites (N-methyl/N-ethyl adjacent to an activating group) is 1. The number of nitrogens with zero attached hydrogens (tertiary/aromatic N) is 2. The summed E-state index contributed by atoms with van der Waals surface area (Å²) in [5.74, 6) is -0.0706. The number of hydrogen-bond acceptors (Lipinski definition) is 4. The molecule has 1 aliphatic heterocycles. The van der Waals surface area contributed by atoms with Crippen LogP contribution in [-0.4, -0.2) is 48.4 Å². The minimum Gasteiger partial charge on any atom is -0.313 e. The highest BCUT2D eigenvalue weighted by molar-refractivity contribution is 7.16. The lowest BCUT2D eigenvalue weighted by atomic mass is 9.94. The molecule has 0 spiro atoms. The maximum Gasteiger partial charge on any atom is 0.256 e. The second-order valence-electron chi connectivity index (χ2n) is 8.27. The summed E-state index contributed by atoms with van der Waals surface area (Å²) < 4.78 is 0. The molecule has 2 aromatic carbocycles. The van der Waals surface area contributed by atoms with Gasteiger partial charge in [0, 0.05) is 47.2 Å². The van der Waals surface area contributed by atoms with E-state index in [1.807, 2.05) is 42.5 Å². The van der Waals surface area contributed by atoms with Crippen LogP contribution in [0.1, 0.15) is 44.9 Å². The lowest BCUT2D eigenvalue weighted by molar-refractivity contribution is 0.102. The van der Waals surface area contributed by atoms with Crippen molar-refractivity contribution in [3.05, 3.63) is 86.8 Å². The van der Waals surface area contributed by atoms with E-state index in [9.17, 15) is 4.79 Å².